The molecule has 2 rings (SSSR count). The summed E-state index contributed by atoms with van der Waals surface area (Å²) in [6.45, 7) is 0.978. The van der Waals surface area contributed by atoms with Crippen LogP contribution in [0.4, 0.5) is 0 Å². The molecule has 1 aliphatic carbocycles. The third kappa shape index (κ3) is 2.92. The molecule has 84 valence electrons. The van der Waals surface area contributed by atoms with Crippen molar-refractivity contribution in [2.45, 2.75) is 44.1 Å². The first-order valence-corrected chi connectivity index (χ1v) is 6.90. The van der Waals surface area contributed by atoms with Crippen molar-refractivity contribution in [1.29, 1.82) is 0 Å². The van der Waals surface area contributed by atoms with E-state index < -0.39 is 0 Å². The summed E-state index contributed by atoms with van der Waals surface area (Å²) in [5, 5.41) is 3.25. The SMILES string of the molecule is CN(Cc1nc(CCl)cs1)C1CCCC1. The van der Waals surface area contributed by atoms with Crippen LogP contribution in [0.1, 0.15) is 36.4 Å². The van der Waals surface area contributed by atoms with Gasteiger partial charge in [-0.15, -0.1) is 22.9 Å². The number of halogens is 1. The molecule has 4 heteroatoms. The first kappa shape index (κ1) is 11.4. The largest absolute Gasteiger partial charge is 0.297 e. The van der Waals surface area contributed by atoms with Crippen LogP contribution in [0.3, 0.4) is 0 Å². The summed E-state index contributed by atoms with van der Waals surface area (Å²) in [7, 11) is 2.21. The Morgan fingerprint density at radius 1 is 1.53 bits per heavy atom. The van der Waals surface area contributed by atoms with E-state index in [1.54, 1.807) is 11.3 Å². The molecule has 0 N–H and O–H groups in total. The molecular weight excluding hydrogens is 228 g/mol. The van der Waals surface area contributed by atoms with Gasteiger partial charge in [0.25, 0.3) is 0 Å². The van der Waals surface area contributed by atoms with Gasteiger partial charge in [-0.2, -0.15) is 0 Å². The Labute approximate surface area is 100 Å². The summed E-state index contributed by atoms with van der Waals surface area (Å²) in [6.07, 6.45) is 5.48. The van der Waals surface area contributed by atoms with Gasteiger partial charge < -0.3 is 0 Å². The highest BCUT2D eigenvalue weighted by Gasteiger charge is 2.20. The van der Waals surface area contributed by atoms with Crippen LogP contribution in [0, 0.1) is 0 Å². The number of hydrogen-bond acceptors (Lipinski definition) is 3. The molecular formula is C11H17ClN2S. The summed E-state index contributed by atoms with van der Waals surface area (Å²) < 4.78 is 0. The summed E-state index contributed by atoms with van der Waals surface area (Å²) >= 11 is 7.46. The van der Waals surface area contributed by atoms with Crippen LogP contribution in [-0.4, -0.2) is 23.0 Å². The van der Waals surface area contributed by atoms with E-state index in [0.717, 1.165) is 18.3 Å². The van der Waals surface area contributed by atoms with Gasteiger partial charge in [-0.3, -0.25) is 4.90 Å². The molecule has 1 aliphatic rings. The van der Waals surface area contributed by atoms with Crippen LogP contribution in [0.2, 0.25) is 0 Å². The van der Waals surface area contributed by atoms with Gasteiger partial charge in [-0.25, -0.2) is 4.98 Å². The number of rotatable bonds is 4. The average molecular weight is 245 g/mol. The lowest BCUT2D eigenvalue weighted by molar-refractivity contribution is 0.237. The van der Waals surface area contributed by atoms with Gasteiger partial charge >= 0.3 is 0 Å². The van der Waals surface area contributed by atoms with E-state index in [1.807, 2.05) is 0 Å². The van der Waals surface area contributed by atoms with E-state index in [1.165, 1.54) is 30.7 Å². The van der Waals surface area contributed by atoms with Crippen molar-refractivity contribution < 1.29 is 0 Å². The van der Waals surface area contributed by atoms with Gasteiger partial charge in [0.15, 0.2) is 0 Å². The lowest BCUT2D eigenvalue weighted by Gasteiger charge is -2.22. The van der Waals surface area contributed by atoms with Gasteiger partial charge in [0.2, 0.25) is 0 Å². The van der Waals surface area contributed by atoms with Crippen LogP contribution >= 0.6 is 22.9 Å². The minimum Gasteiger partial charge on any atom is -0.297 e. The number of aromatic nitrogens is 1. The molecule has 0 unspecified atom stereocenters. The normalized spacial score (nSPS) is 17.8. The fourth-order valence-electron chi connectivity index (χ4n) is 2.17. The van der Waals surface area contributed by atoms with E-state index in [-0.39, 0.29) is 0 Å². The molecule has 1 aromatic rings. The van der Waals surface area contributed by atoms with Gasteiger partial charge in [0.05, 0.1) is 18.1 Å². The third-order valence-electron chi connectivity index (χ3n) is 3.07. The van der Waals surface area contributed by atoms with E-state index >= 15 is 0 Å². The zero-order chi connectivity index (χ0) is 10.7. The Morgan fingerprint density at radius 3 is 2.87 bits per heavy atom. The minimum absolute atomic E-state index is 0.531. The predicted molar refractivity (Wildman–Crippen MR) is 65.4 cm³/mol. The Morgan fingerprint density at radius 2 is 2.27 bits per heavy atom. The molecule has 1 heterocycles. The van der Waals surface area contributed by atoms with E-state index in [4.69, 9.17) is 11.6 Å². The van der Waals surface area contributed by atoms with Crippen molar-refractivity contribution in [3.05, 3.63) is 16.1 Å². The molecule has 0 amide bonds. The molecule has 0 aliphatic heterocycles. The molecule has 0 aromatic carbocycles. The van der Waals surface area contributed by atoms with Gasteiger partial charge in [0.1, 0.15) is 5.01 Å². The van der Waals surface area contributed by atoms with Crippen molar-refractivity contribution >= 4 is 22.9 Å². The van der Waals surface area contributed by atoms with Crippen LogP contribution in [-0.2, 0) is 12.4 Å². The second-order valence-electron chi connectivity index (χ2n) is 4.22. The minimum atomic E-state index is 0.531. The lowest BCUT2D eigenvalue weighted by atomic mass is 10.2. The van der Waals surface area contributed by atoms with E-state index in [0.29, 0.717) is 5.88 Å². The Bertz CT molecular complexity index is 307. The topological polar surface area (TPSA) is 16.1 Å². The maximum absolute atomic E-state index is 5.73. The smallest absolute Gasteiger partial charge is 0.107 e. The highest BCUT2D eigenvalue weighted by atomic mass is 35.5. The molecule has 0 bridgehead atoms. The Kier molecular flexibility index (Phi) is 4.00. The average Bonchev–Trinajstić information content (AvgIpc) is 2.87. The monoisotopic (exact) mass is 244 g/mol. The zero-order valence-electron chi connectivity index (χ0n) is 9.08. The molecule has 1 saturated carbocycles. The number of hydrogen-bond donors (Lipinski definition) is 0. The second-order valence-corrected chi connectivity index (χ2v) is 5.43. The predicted octanol–water partition coefficient (Wildman–Crippen LogP) is 3.26. The van der Waals surface area contributed by atoms with Crippen LogP contribution in [0.25, 0.3) is 0 Å². The third-order valence-corrected chi connectivity index (χ3v) is 4.23. The standard InChI is InChI=1S/C11H17ClN2S/c1-14(10-4-2-3-5-10)7-11-13-9(6-12)8-15-11/h8,10H,2-7H2,1H3. The molecule has 2 nitrogen and oxygen atoms in total. The van der Waals surface area contributed by atoms with Crippen molar-refractivity contribution in [2.75, 3.05) is 7.05 Å². The highest BCUT2D eigenvalue weighted by Crippen LogP contribution is 2.24. The fourth-order valence-corrected chi connectivity index (χ4v) is 3.26. The number of thiazole rings is 1. The first-order valence-electron chi connectivity index (χ1n) is 5.49. The van der Waals surface area contributed by atoms with Crippen molar-refractivity contribution in [2.24, 2.45) is 0 Å². The molecule has 1 fully saturated rings. The number of nitrogens with zero attached hydrogens (tertiary/aromatic N) is 2. The first-order chi connectivity index (χ1) is 7.29. The molecule has 0 saturated heterocycles. The molecule has 0 spiro atoms. The number of alkyl halides is 1. The Balaban J connectivity index is 1.89. The van der Waals surface area contributed by atoms with Crippen molar-refractivity contribution in [3.63, 3.8) is 0 Å². The lowest BCUT2D eigenvalue weighted by Crippen LogP contribution is -2.28. The zero-order valence-corrected chi connectivity index (χ0v) is 10.7. The van der Waals surface area contributed by atoms with Crippen LogP contribution in [0.5, 0.6) is 0 Å². The van der Waals surface area contributed by atoms with Crippen LogP contribution in [0.15, 0.2) is 5.38 Å². The molecule has 1 aromatic heterocycles. The van der Waals surface area contributed by atoms with E-state index in [2.05, 4.69) is 22.3 Å². The van der Waals surface area contributed by atoms with Gasteiger partial charge in [-0.05, 0) is 19.9 Å². The summed E-state index contributed by atoms with van der Waals surface area (Å²) in [5.74, 6) is 0.531. The van der Waals surface area contributed by atoms with Gasteiger partial charge in [-0.1, -0.05) is 12.8 Å². The molecule has 15 heavy (non-hydrogen) atoms. The quantitative estimate of drug-likeness (QED) is 0.756. The summed E-state index contributed by atoms with van der Waals surface area (Å²) in [5.41, 5.74) is 1.01. The maximum Gasteiger partial charge on any atom is 0.107 e. The van der Waals surface area contributed by atoms with E-state index in [9.17, 15) is 0 Å². The van der Waals surface area contributed by atoms with Gasteiger partial charge in [0, 0.05) is 11.4 Å². The fraction of sp³-hybridized carbons (Fsp3) is 0.727. The summed E-state index contributed by atoms with van der Waals surface area (Å²) in [6, 6.07) is 0.772. The Hall–Kier alpha value is -0.120. The second kappa shape index (κ2) is 5.28. The molecule has 0 radical (unpaired) electrons. The van der Waals surface area contributed by atoms with Crippen molar-refractivity contribution in [3.8, 4) is 0 Å². The van der Waals surface area contributed by atoms with Crippen molar-refractivity contribution in [1.82, 2.24) is 9.88 Å². The molecule has 0 atom stereocenters. The maximum atomic E-state index is 5.73. The highest BCUT2D eigenvalue weighted by molar-refractivity contribution is 7.09. The van der Waals surface area contributed by atoms with Crippen LogP contribution < -0.4 is 0 Å². The summed E-state index contributed by atoms with van der Waals surface area (Å²) in [4.78, 5) is 6.92.